The normalized spacial score (nSPS) is 12.1. The number of aliphatic hydroxyl groups is 1. The van der Waals surface area contributed by atoms with Crippen LogP contribution in [0.1, 0.15) is 6.92 Å². The second kappa shape index (κ2) is 7.89. The van der Waals surface area contributed by atoms with Crippen LogP contribution in [0, 0.1) is 0 Å². The zero-order chi connectivity index (χ0) is 18.7. The van der Waals surface area contributed by atoms with Crippen molar-refractivity contribution in [2.24, 2.45) is 0 Å². The van der Waals surface area contributed by atoms with Crippen molar-refractivity contribution in [3.05, 3.63) is 65.2 Å². The van der Waals surface area contributed by atoms with E-state index < -0.39 is 12.1 Å². The van der Waals surface area contributed by atoms with Gasteiger partial charge in [-0.15, -0.1) is 0 Å². The summed E-state index contributed by atoms with van der Waals surface area (Å²) < 4.78 is 12.2. The Labute approximate surface area is 160 Å². The second-order valence-electron chi connectivity index (χ2n) is 6.09. The van der Waals surface area contributed by atoms with Crippen LogP contribution < -0.4 is 4.74 Å². The molecule has 0 heterocycles. The van der Waals surface area contributed by atoms with Gasteiger partial charge in [-0.25, -0.2) is 4.79 Å². The molecule has 0 radical (unpaired) electrons. The number of fused-ring (bicyclic) bond motifs is 2. The van der Waals surface area contributed by atoms with E-state index >= 15 is 0 Å². The average Bonchev–Trinajstić information content (AvgIpc) is 2.63. The lowest BCUT2D eigenvalue weighted by atomic mass is 10.0. The zero-order valence-corrected chi connectivity index (χ0v) is 16.0. The van der Waals surface area contributed by atoms with E-state index in [1.54, 1.807) is 6.92 Å². The lowest BCUT2D eigenvalue weighted by Crippen LogP contribution is -2.28. The molecule has 3 aromatic carbocycles. The summed E-state index contributed by atoms with van der Waals surface area (Å²) >= 11 is 3.50. The first-order valence-electron chi connectivity index (χ1n) is 8.20. The monoisotopic (exact) mass is 414 g/mol. The van der Waals surface area contributed by atoms with Gasteiger partial charge in [0.05, 0.1) is 6.61 Å². The molecule has 0 saturated heterocycles. The molecule has 1 atom stereocenters. The van der Waals surface area contributed by atoms with Crippen molar-refractivity contribution in [2.75, 3.05) is 13.2 Å². The van der Waals surface area contributed by atoms with Crippen LogP contribution in [0.25, 0.3) is 21.5 Å². The molecule has 3 rings (SSSR count). The minimum atomic E-state index is -0.764. The number of carbonyl (C=O) groups is 1. The topological polar surface area (TPSA) is 55.8 Å². The molecule has 0 aliphatic heterocycles. The molecule has 1 unspecified atom stereocenters. The predicted octanol–water partition coefficient (Wildman–Crippen LogP) is 4.61. The molecule has 0 amide bonds. The number of halogens is 1. The number of benzene rings is 3. The van der Waals surface area contributed by atoms with Crippen molar-refractivity contribution >= 4 is 43.4 Å². The van der Waals surface area contributed by atoms with E-state index in [-0.39, 0.29) is 18.8 Å². The van der Waals surface area contributed by atoms with Crippen LogP contribution in [0.5, 0.6) is 5.75 Å². The molecule has 134 valence electrons. The largest absolute Gasteiger partial charge is 0.488 e. The molecule has 0 aromatic heterocycles. The SMILES string of the molecule is C=C(C)C(=O)OC(CO)COc1c2ccccc2cc2ccc(Br)cc12. The summed E-state index contributed by atoms with van der Waals surface area (Å²) in [5, 5.41) is 13.5. The standard InChI is InChI=1S/C21H19BrO4/c1-13(2)21(24)26-17(11-23)12-25-20-18-6-4-3-5-14(18)9-15-7-8-16(22)10-19(15)20/h3-10,17,23H,1,11-12H2,2H3. The number of hydrogen-bond acceptors (Lipinski definition) is 4. The van der Waals surface area contributed by atoms with E-state index in [9.17, 15) is 9.90 Å². The van der Waals surface area contributed by atoms with E-state index in [4.69, 9.17) is 9.47 Å². The van der Waals surface area contributed by atoms with Crippen molar-refractivity contribution in [2.45, 2.75) is 13.0 Å². The quantitative estimate of drug-likeness (QED) is 0.363. The van der Waals surface area contributed by atoms with Gasteiger partial charge < -0.3 is 14.6 Å². The number of ether oxygens (including phenoxy) is 2. The van der Waals surface area contributed by atoms with Gasteiger partial charge in [-0.3, -0.25) is 0 Å². The van der Waals surface area contributed by atoms with Crippen molar-refractivity contribution in [1.29, 1.82) is 0 Å². The Hall–Kier alpha value is -2.37. The van der Waals surface area contributed by atoms with Gasteiger partial charge >= 0.3 is 5.97 Å². The molecule has 0 bridgehead atoms. The van der Waals surface area contributed by atoms with Crippen LogP contribution in [0.15, 0.2) is 65.2 Å². The van der Waals surface area contributed by atoms with Crippen LogP contribution >= 0.6 is 15.9 Å². The van der Waals surface area contributed by atoms with Gasteiger partial charge in [0.15, 0.2) is 6.10 Å². The highest BCUT2D eigenvalue weighted by Crippen LogP contribution is 2.36. The summed E-state index contributed by atoms with van der Waals surface area (Å²) in [4.78, 5) is 11.7. The molecule has 0 fully saturated rings. The number of rotatable bonds is 6. The first kappa shape index (κ1) is 18.4. The Morgan fingerprint density at radius 2 is 1.88 bits per heavy atom. The fourth-order valence-corrected chi connectivity index (χ4v) is 3.06. The third-order valence-corrected chi connectivity index (χ3v) is 4.51. The van der Waals surface area contributed by atoms with Crippen molar-refractivity contribution < 1.29 is 19.4 Å². The van der Waals surface area contributed by atoms with Crippen LogP contribution in [-0.4, -0.2) is 30.4 Å². The third kappa shape index (κ3) is 3.89. The van der Waals surface area contributed by atoms with E-state index in [0.29, 0.717) is 5.75 Å². The Kier molecular flexibility index (Phi) is 5.59. The highest BCUT2D eigenvalue weighted by atomic mass is 79.9. The maximum Gasteiger partial charge on any atom is 0.333 e. The van der Waals surface area contributed by atoms with Gasteiger partial charge in [-0.2, -0.15) is 0 Å². The van der Waals surface area contributed by atoms with E-state index in [1.807, 2.05) is 42.5 Å². The van der Waals surface area contributed by atoms with Gasteiger partial charge in [0.25, 0.3) is 0 Å². The maximum atomic E-state index is 11.7. The Morgan fingerprint density at radius 1 is 1.15 bits per heavy atom. The minimum Gasteiger partial charge on any atom is -0.488 e. The van der Waals surface area contributed by atoms with E-state index in [0.717, 1.165) is 26.0 Å². The number of hydrogen-bond donors (Lipinski definition) is 1. The highest BCUT2D eigenvalue weighted by molar-refractivity contribution is 9.10. The molecule has 1 N–H and O–H groups in total. The van der Waals surface area contributed by atoms with Crippen molar-refractivity contribution in [1.82, 2.24) is 0 Å². The van der Waals surface area contributed by atoms with Gasteiger partial charge in [0, 0.05) is 20.8 Å². The van der Waals surface area contributed by atoms with E-state index in [2.05, 4.69) is 28.6 Å². The lowest BCUT2D eigenvalue weighted by Gasteiger charge is -2.18. The van der Waals surface area contributed by atoms with E-state index in [1.165, 1.54) is 0 Å². The Morgan fingerprint density at radius 3 is 2.62 bits per heavy atom. The van der Waals surface area contributed by atoms with Gasteiger partial charge in [0.1, 0.15) is 12.4 Å². The summed E-state index contributed by atoms with van der Waals surface area (Å²) in [5.41, 5.74) is 0.281. The molecule has 0 saturated carbocycles. The summed E-state index contributed by atoms with van der Waals surface area (Å²) in [6, 6.07) is 16.0. The minimum absolute atomic E-state index is 0.0468. The molecule has 26 heavy (non-hydrogen) atoms. The second-order valence-corrected chi connectivity index (χ2v) is 7.01. The van der Waals surface area contributed by atoms with Gasteiger partial charge in [0.2, 0.25) is 0 Å². The molecule has 0 spiro atoms. The average molecular weight is 415 g/mol. The first-order chi connectivity index (χ1) is 12.5. The fourth-order valence-electron chi connectivity index (χ4n) is 2.70. The third-order valence-electron chi connectivity index (χ3n) is 4.02. The Balaban J connectivity index is 1.97. The molecule has 0 aliphatic carbocycles. The lowest BCUT2D eigenvalue weighted by molar-refractivity contribution is -0.147. The molecular weight excluding hydrogens is 396 g/mol. The number of esters is 1. The number of carbonyl (C=O) groups excluding carboxylic acids is 1. The van der Waals surface area contributed by atoms with Crippen LogP contribution in [0.3, 0.4) is 0 Å². The smallest absolute Gasteiger partial charge is 0.333 e. The highest BCUT2D eigenvalue weighted by Gasteiger charge is 2.17. The fraction of sp³-hybridized carbons (Fsp3) is 0.190. The van der Waals surface area contributed by atoms with Crippen molar-refractivity contribution in [3.63, 3.8) is 0 Å². The Bertz CT molecular complexity index is 980. The molecule has 5 heteroatoms. The summed E-state index contributed by atoms with van der Waals surface area (Å²) in [6.07, 6.45) is -0.764. The first-order valence-corrected chi connectivity index (χ1v) is 9.00. The summed E-state index contributed by atoms with van der Waals surface area (Å²) in [6.45, 7) is 4.83. The maximum absolute atomic E-state index is 11.7. The predicted molar refractivity (Wildman–Crippen MR) is 106 cm³/mol. The molecular formula is C21H19BrO4. The summed E-state index contributed by atoms with van der Waals surface area (Å²) in [7, 11) is 0. The molecule has 3 aromatic rings. The zero-order valence-electron chi connectivity index (χ0n) is 14.4. The van der Waals surface area contributed by atoms with Gasteiger partial charge in [-0.1, -0.05) is 52.8 Å². The molecule has 0 aliphatic rings. The van der Waals surface area contributed by atoms with Crippen molar-refractivity contribution in [3.8, 4) is 5.75 Å². The van der Waals surface area contributed by atoms with Gasteiger partial charge in [-0.05, 0) is 35.9 Å². The number of aliphatic hydroxyl groups excluding tert-OH is 1. The summed E-state index contributed by atoms with van der Waals surface area (Å²) in [5.74, 6) is 0.155. The van der Waals surface area contributed by atoms with Crippen LogP contribution in [0.2, 0.25) is 0 Å². The van der Waals surface area contributed by atoms with Crippen LogP contribution in [-0.2, 0) is 9.53 Å². The molecule has 4 nitrogen and oxygen atoms in total. The van der Waals surface area contributed by atoms with Crippen LogP contribution in [0.4, 0.5) is 0 Å².